The first-order valence-corrected chi connectivity index (χ1v) is 8.20. The Morgan fingerprint density at radius 2 is 2.19 bits per heavy atom. The van der Waals surface area contributed by atoms with Crippen LogP contribution in [-0.2, 0) is 32.5 Å². The number of aromatic nitrogens is 3. The number of hydrogen-bond donors (Lipinski definition) is 2. The number of carboxylic acid groups (broad SMARTS) is 1. The van der Waals surface area contributed by atoms with Crippen LogP contribution in [0.3, 0.4) is 0 Å². The number of rotatable bonds is 5. The number of aliphatic carboxylic acids is 1. The van der Waals surface area contributed by atoms with Gasteiger partial charge < -0.3 is 10.4 Å². The van der Waals surface area contributed by atoms with Gasteiger partial charge in [0, 0.05) is 0 Å². The van der Waals surface area contributed by atoms with E-state index in [0.29, 0.717) is 25.0 Å². The molecule has 1 aromatic rings. The SMILES string of the molecule is O=C(O)Cn1cc(CNC(=O)C2CCCCS2(=O)=O)nn1. The lowest BCUT2D eigenvalue weighted by Gasteiger charge is -2.21. The molecule has 0 aromatic carbocycles. The van der Waals surface area contributed by atoms with Gasteiger partial charge in [-0.15, -0.1) is 5.10 Å². The molecule has 1 amide bonds. The van der Waals surface area contributed by atoms with E-state index in [4.69, 9.17) is 5.11 Å². The van der Waals surface area contributed by atoms with Crippen LogP contribution in [0.4, 0.5) is 0 Å². The predicted molar refractivity (Wildman–Crippen MR) is 70.9 cm³/mol. The number of hydrogen-bond acceptors (Lipinski definition) is 6. The molecule has 1 saturated heterocycles. The molecule has 1 aromatic heterocycles. The number of sulfone groups is 1. The Morgan fingerprint density at radius 1 is 1.43 bits per heavy atom. The van der Waals surface area contributed by atoms with E-state index in [0.717, 1.165) is 4.68 Å². The van der Waals surface area contributed by atoms with E-state index in [9.17, 15) is 18.0 Å². The van der Waals surface area contributed by atoms with Crippen molar-refractivity contribution in [2.24, 2.45) is 0 Å². The summed E-state index contributed by atoms with van der Waals surface area (Å²) in [7, 11) is -3.37. The van der Waals surface area contributed by atoms with Gasteiger partial charge in [-0.2, -0.15) is 0 Å². The molecule has 1 fully saturated rings. The summed E-state index contributed by atoms with van der Waals surface area (Å²) in [5.74, 6) is -1.55. The molecule has 0 bridgehead atoms. The van der Waals surface area contributed by atoms with Crippen molar-refractivity contribution >= 4 is 21.7 Å². The fraction of sp³-hybridized carbons (Fsp3) is 0.636. The van der Waals surface area contributed by atoms with Gasteiger partial charge in [0.25, 0.3) is 0 Å². The summed E-state index contributed by atoms with van der Waals surface area (Å²) in [6, 6.07) is 0. The van der Waals surface area contributed by atoms with Gasteiger partial charge in [-0.1, -0.05) is 11.6 Å². The van der Waals surface area contributed by atoms with Crippen LogP contribution in [0.1, 0.15) is 25.0 Å². The predicted octanol–water partition coefficient (Wildman–Crippen LogP) is -1.05. The molecule has 0 radical (unpaired) electrons. The summed E-state index contributed by atoms with van der Waals surface area (Å²) in [6.45, 7) is -0.303. The molecule has 2 N–H and O–H groups in total. The first kappa shape index (κ1) is 15.4. The van der Waals surface area contributed by atoms with Crippen molar-refractivity contribution < 1.29 is 23.1 Å². The number of nitrogens with one attached hydrogen (secondary N) is 1. The second-order valence-electron chi connectivity index (χ2n) is 4.87. The fourth-order valence-electron chi connectivity index (χ4n) is 2.18. The maximum Gasteiger partial charge on any atom is 0.325 e. The summed E-state index contributed by atoms with van der Waals surface area (Å²) >= 11 is 0. The molecule has 1 aliphatic rings. The zero-order chi connectivity index (χ0) is 15.5. The number of amides is 1. The highest BCUT2D eigenvalue weighted by atomic mass is 32.2. The largest absolute Gasteiger partial charge is 0.480 e. The molecule has 116 valence electrons. The molecule has 0 spiro atoms. The minimum absolute atomic E-state index is 0.0183. The molecule has 1 atom stereocenters. The molecule has 9 nitrogen and oxygen atoms in total. The van der Waals surface area contributed by atoms with Gasteiger partial charge in [0.2, 0.25) is 5.91 Å². The maximum absolute atomic E-state index is 11.9. The van der Waals surface area contributed by atoms with Gasteiger partial charge in [-0.05, 0) is 12.8 Å². The molecular formula is C11H16N4O5S. The molecule has 2 heterocycles. The summed E-state index contributed by atoms with van der Waals surface area (Å²) in [4.78, 5) is 22.4. The van der Waals surface area contributed by atoms with E-state index in [1.165, 1.54) is 6.20 Å². The van der Waals surface area contributed by atoms with Crippen molar-refractivity contribution in [2.45, 2.75) is 37.6 Å². The topological polar surface area (TPSA) is 131 Å². The van der Waals surface area contributed by atoms with Gasteiger partial charge in [-0.25, -0.2) is 13.1 Å². The average molecular weight is 316 g/mol. The molecule has 0 aliphatic carbocycles. The highest BCUT2D eigenvalue weighted by molar-refractivity contribution is 7.92. The van der Waals surface area contributed by atoms with Crippen molar-refractivity contribution in [1.29, 1.82) is 0 Å². The molecule has 21 heavy (non-hydrogen) atoms. The van der Waals surface area contributed by atoms with E-state index >= 15 is 0 Å². The van der Waals surface area contributed by atoms with Crippen molar-refractivity contribution in [3.05, 3.63) is 11.9 Å². The van der Waals surface area contributed by atoms with Crippen LogP contribution in [0.15, 0.2) is 6.20 Å². The van der Waals surface area contributed by atoms with Crippen molar-refractivity contribution in [2.75, 3.05) is 5.75 Å². The Morgan fingerprint density at radius 3 is 2.86 bits per heavy atom. The van der Waals surface area contributed by atoms with Crippen LogP contribution in [0.25, 0.3) is 0 Å². The third kappa shape index (κ3) is 4.00. The van der Waals surface area contributed by atoms with E-state index in [1.807, 2.05) is 0 Å². The van der Waals surface area contributed by atoms with Gasteiger partial charge in [0.05, 0.1) is 18.5 Å². The quantitative estimate of drug-likeness (QED) is 0.708. The minimum atomic E-state index is -3.37. The second-order valence-corrected chi connectivity index (χ2v) is 7.17. The van der Waals surface area contributed by atoms with Gasteiger partial charge in [0.15, 0.2) is 9.84 Å². The van der Waals surface area contributed by atoms with Crippen LogP contribution < -0.4 is 5.32 Å². The van der Waals surface area contributed by atoms with Crippen molar-refractivity contribution in [3.8, 4) is 0 Å². The molecule has 1 aliphatic heterocycles. The van der Waals surface area contributed by atoms with Crippen molar-refractivity contribution in [3.63, 3.8) is 0 Å². The van der Waals surface area contributed by atoms with Crippen molar-refractivity contribution in [1.82, 2.24) is 20.3 Å². The highest BCUT2D eigenvalue weighted by Crippen LogP contribution is 2.19. The monoisotopic (exact) mass is 316 g/mol. The van der Waals surface area contributed by atoms with Crippen LogP contribution >= 0.6 is 0 Å². The van der Waals surface area contributed by atoms with Crippen LogP contribution in [-0.4, -0.2) is 51.4 Å². The Balaban J connectivity index is 1.91. The Hall–Kier alpha value is -1.97. The third-order valence-electron chi connectivity index (χ3n) is 3.20. The molecule has 2 rings (SSSR count). The number of carboxylic acids is 1. The van der Waals surface area contributed by atoms with Crippen LogP contribution in [0, 0.1) is 0 Å². The summed E-state index contributed by atoms with van der Waals surface area (Å²) in [6.07, 6.45) is 3.03. The second kappa shape index (κ2) is 6.20. The lowest BCUT2D eigenvalue weighted by atomic mass is 10.2. The first-order valence-electron chi connectivity index (χ1n) is 6.48. The van der Waals surface area contributed by atoms with Crippen LogP contribution in [0.2, 0.25) is 0 Å². The Labute approximate surface area is 121 Å². The van der Waals surface area contributed by atoms with Crippen LogP contribution in [0.5, 0.6) is 0 Å². The van der Waals surface area contributed by atoms with E-state index in [1.54, 1.807) is 0 Å². The average Bonchev–Trinajstić information content (AvgIpc) is 2.82. The van der Waals surface area contributed by atoms with E-state index in [-0.39, 0.29) is 18.8 Å². The highest BCUT2D eigenvalue weighted by Gasteiger charge is 2.34. The summed E-state index contributed by atoms with van der Waals surface area (Å²) in [5.41, 5.74) is 0.373. The standard InChI is InChI=1S/C11H16N4O5S/c16-10(17)7-15-6-8(13-14-15)5-12-11(18)9-3-1-2-4-21(9,19)20/h6,9H,1-5,7H2,(H,12,18)(H,16,17). The maximum atomic E-state index is 11.9. The molecule has 0 saturated carbocycles. The summed E-state index contributed by atoms with van der Waals surface area (Å²) in [5, 5.41) is 17.4. The minimum Gasteiger partial charge on any atom is -0.480 e. The molecule has 1 unspecified atom stereocenters. The van der Waals surface area contributed by atoms with Gasteiger partial charge in [-0.3, -0.25) is 9.59 Å². The molecular weight excluding hydrogens is 300 g/mol. The lowest BCUT2D eigenvalue weighted by molar-refractivity contribution is -0.138. The first-order chi connectivity index (χ1) is 9.88. The normalized spacial score (nSPS) is 20.9. The van der Waals surface area contributed by atoms with Gasteiger partial charge in [0.1, 0.15) is 17.5 Å². The van der Waals surface area contributed by atoms with Gasteiger partial charge >= 0.3 is 5.97 Å². The lowest BCUT2D eigenvalue weighted by Crippen LogP contribution is -2.42. The zero-order valence-electron chi connectivity index (χ0n) is 11.2. The third-order valence-corrected chi connectivity index (χ3v) is 5.37. The molecule has 10 heteroatoms. The Kier molecular flexibility index (Phi) is 4.56. The van der Waals surface area contributed by atoms with E-state index in [2.05, 4.69) is 15.6 Å². The summed E-state index contributed by atoms with van der Waals surface area (Å²) < 4.78 is 24.7. The number of carbonyl (C=O) groups excluding carboxylic acids is 1. The van der Waals surface area contributed by atoms with E-state index < -0.39 is 27.0 Å². The number of nitrogens with zero attached hydrogens (tertiary/aromatic N) is 3. The Bertz CT molecular complexity index is 639. The smallest absolute Gasteiger partial charge is 0.325 e. The zero-order valence-corrected chi connectivity index (χ0v) is 12.0. The fourth-order valence-corrected chi connectivity index (χ4v) is 4.00. The number of carbonyl (C=O) groups is 2.